The Morgan fingerprint density at radius 2 is 1.81 bits per heavy atom. The van der Waals surface area contributed by atoms with Crippen LogP contribution in [0.2, 0.25) is 0 Å². The number of methoxy groups -OCH3 is 1. The van der Waals surface area contributed by atoms with Crippen LogP contribution in [0.4, 0.5) is 14.9 Å². The molecule has 1 amide bonds. The van der Waals surface area contributed by atoms with Crippen molar-refractivity contribution in [1.82, 2.24) is 15.1 Å². The van der Waals surface area contributed by atoms with Crippen molar-refractivity contribution in [2.75, 3.05) is 45.2 Å². The molecule has 6 rings (SSSR count). The predicted molar refractivity (Wildman–Crippen MR) is 166 cm³/mol. The molecular weight excluding hydrogens is 541 g/mol. The number of ether oxygens (including phenoxy) is 1. The second kappa shape index (κ2) is 13.2. The molecule has 5 atom stereocenters. The Balaban J connectivity index is 1.20. The van der Waals surface area contributed by atoms with Crippen LogP contribution < -0.4 is 10.6 Å². The summed E-state index contributed by atoms with van der Waals surface area (Å²) in [6.45, 7) is 5.21. The van der Waals surface area contributed by atoms with Gasteiger partial charge in [0.1, 0.15) is 5.82 Å². The van der Waals surface area contributed by atoms with Crippen molar-refractivity contribution in [3.63, 3.8) is 0 Å². The van der Waals surface area contributed by atoms with Crippen LogP contribution >= 0.6 is 0 Å². The lowest BCUT2D eigenvalue weighted by Gasteiger charge is -2.54. The molecule has 2 aliphatic carbocycles. The molecule has 4 fully saturated rings. The fourth-order valence-corrected chi connectivity index (χ4v) is 8.81. The van der Waals surface area contributed by atoms with E-state index in [1.54, 1.807) is 12.1 Å². The van der Waals surface area contributed by atoms with E-state index in [0.29, 0.717) is 23.6 Å². The van der Waals surface area contributed by atoms with Gasteiger partial charge in [-0.1, -0.05) is 18.6 Å². The molecule has 230 valence electrons. The highest BCUT2D eigenvalue weighted by atomic mass is 19.1. The maximum Gasteiger partial charge on any atom is 0.407 e. The summed E-state index contributed by atoms with van der Waals surface area (Å²) in [6, 6.07) is 18.4. The number of nitrogens with one attached hydrogen (secondary N) is 2. The minimum Gasteiger partial charge on any atom is -0.453 e. The summed E-state index contributed by atoms with van der Waals surface area (Å²) < 4.78 is 20.0. The van der Waals surface area contributed by atoms with Gasteiger partial charge in [0.25, 0.3) is 0 Å². The van der Waals surface area contributed by atoms with Gasteiger partial charge in [-0.3, -0.25) is 0 Å². The van der Waals surface area contributed by atoms with E-state index >= 15 is 0 Å². The van der Waals surface area contributed by atoms with Gasteiger partial charge in [-0.05, 0) is 131 Å². The monoisotopic (exact) mass is 587 g/mol. The van der Waals surface area contributed by atoms with E-state index in [-0.39, 0.29) is 29.3 Å². The van der Waals surface area contributed by atoms with Crippen LogP contribution in [0.5, 0.6) is 0 Å². The third-order valence-corrected chi connectivity index (χ3v) is 11.0. The fourth-order valence-electron chi connectivity index (χ4n) is 8.81. The summed E-state index contributed by atoms with van der Waals surface area (Å²) in [5, 5.41) is 16.0. The minimum atomic E-state index is -0.366. The second-order valence-electron chi connectivity index (χ2n) is 13.3. The molecule has 2 aliphatic heterocycles. The molecule has 8 heteroatoms. The van der Waals surface area contributed by atoms with Gasteiger partial charge < -0.3 is 25.2 Å². The van der Waals surface area contributed by atoms with Crippen LogP contribution in [0.3, 0.4) is 0 Å². The Morgan fingerprint density at radius 3 is 2.49 bits per heavy atom. The third kappa shape index (κ3) is 6.39. The average Bonchev–Trinajstić information content (AvgIpc) is 3.67. The van der Waals surface area contributed by atoms with Crippen molar-refractivity contribution in [2.45, 2.75) is 81.3 Å². The number of piperidine rings is 1. The number of hydrogen-bond acceptors (Lipinski definition) is 6. The first kappa shape index (κ1) is 29.9. The molecule has 2 saturated carbocycles. The smallest absolute Gasteiger partial charge is 0.407 e. The third-order valence-electron chi connectivity index (χ3n) is 11.0. The van der Waals surface area contributed by atoms with Crippen molar-refractivity contribution in [2.24, 2.45) is 11.8 Å². The van der Waals surface area contributed by atoms with E-state index in [1.165, 1.54) is 20.0 Å². The highest BCUT2D eigenvalue weighted by Gasteiger charge is 2.53. The van der Waals surface area contributed by atoms with Crippen LogP contribution in [0, 0.1) is 29.0 Å². The number of carbonyl (C=O) groups excluding carboxylic acids is 1. The number of nitrogens with zero attached hydrogens (tertiary/aromatic N) is 3. The molecule has 0 bridgehead atoms. The van der Waals surface area contributed by atoms with Crippen molar-refractivity contribution in [3.8, 4) is 6.07 Å². The van der Waals surface area contributed by atoms with Crippen LogP contribution in [0.1, 0.15) is 68.9 Å². The van der Waals surface area contributed by atoms with Gasteiger partial charge in [0.05, 0.1) is 18.7 Å². The van der Waals surface area contributed by atoms with Crippen LogP contribution in [-0.2, 0) is 10.2 Å². The Kier molecular flexibility index (Phi) is 9.20. The predicted octanol–water partition coefficient (Wildman–Crippen LogP) is 5.91. The highest BCUT2D eigenvalue weighted by molar-refractivity contribution is 5.67. The van der Waals surface area contributed by atoms with E-state index in [1.807, 2.05) is 30.3 Å². The lowest BCUT2D eigenvalue weighted by molar-refractivity contribution is 0.0180. The Labute approximate surface area is 255 Å². The van der Waals surface area contributed by atoms with E-state index in [4.69, 9.17) is 10.00 Å². The normalized spacial score (nSPS) is 28.0. The van der Waals surface area contributed by atoms with Gasteiger partial charge in [0.15, 0.2) is 0 Å². The van der Waals surface area contributed by atoms with E-state index in [2.05, 4.69) is 32.6 Å². The minimum absolute atomic E-state index is 0.0268. The maximum absolute atomic E-state index is 14.9. The second-order valence-corrected chi connectivity index (χ2v) is 13.3. The Bertz CT molecular complexity index is 1290. The molecule has 0 radical (unpaired) electrons. The quantitative estimate of drug-likeness (QED) is 0.380. The van der Waals surface area contributed by atoms with Gasteiger partial charge in [-0.15, -0.1) is 0 Å². The SMILES string of the molecule is COC(=O)N[C@H]1CCC[C@@H]1[C@](CN1CCC1)(c1cccc(F)c1)C1CCN(C2CC[C@@H](Nc3ccc(C#N)cc3)C2)CC1. The standard InChI is InChI=1S/C35H46FN5O2/c1-43-34(42)39-33-8-3-7-32(33)35(24-40-17-4-18-40,27-5-2-6-28(36)21-27)26-15-19-41(20-16-26)31-14-13-30(22-31)38-29-11-9-25(23-37)10-12-29/h2,5-6,9-12,21,26,30-33,38H,3-4,7-8,13-20,22,24H2,1H3,(H,39,42)/t30-,31?,32+,33+,35+/m1/s1. The van der Waals surface area contributed by atoms with Gasteiger partial charge in [0.2, 0.25) is 0 Å². The van der Waals surface area contributed by atoms with Crippen LogP contribution in [0.15, 0.2) is 48.5 Å². The number of nitriles is 1. The number of halogens is 1. The van der Waals surface area contributed by atoms with E-state index in [9.17, 15) is 9.18 Å². The summed E-state index contributed by atoms with van der Waals surface area (Å²) in [5.41, 5.74) is 2.65. The largest absolute Gasteiger partial charge is 0.453 e. The summed E-state index contributed by atoms with van der Waals surface area (Å²) in [4.78, 5) is 17.7. The van der Waals surface area contributed by atoms with Gasteiger partial charge >= 0.3 is 6.09 Å². The van der Waals surface area contributed by atoms with Gasteiger partial charge in [0, 0.05) is 35.8 Å². The lowest BCUT2D eigenvalue weighted by Crippen LogP contribution is -2.59. The summed E-state index contributed by atoms with van der Waals surface area (Å²) in [7, 11) is 1.43. The van der Waals surface area contributed by atoms with Crippen molar-refractivity contribution < 1.29 is 13.9 Å². The zero-order valence-electron chi connectivity index (χ0n) is 25.4. The molecule has 43 heavy (non-hydrogen) atoms. The van der Waals surface area contributed by atoms with Crippen molar-refractivity contribution in [1.29, 1.82) is 5.26 Å². The van der Waals surface area contributed by atoms with Crippen LogP contribution in [0.25, 0.3) is 0 Å². The van der Waals surface area contributed by atoms with E-state index in [0.717, 1.165) is 88.9 Å². The number of anilines is 1. The zero-order chi connectivity index (χ0) is 29.8. The number of hydrogen-bond donors (Lipinski definition) is 2. The van der Waals surface area contributed by atoms with Crippen molar-refractivity contribution in [3.05, 3.63) is 65.5 Å². The molecule has 1 unspecified atom stereocenters. The highest BCUT2D eigenvalue weighted by Crippen LogP contribution is 2.52. The topological polar surface area (TPSA) is 80.6 Å². The Morgan fingerprint density at radius 1 is 1.02 bits per heavy atom. The molecule has 4 aliphatic rings. The van der Waals surface area contributed by atoms with E-state index < -0.39 is 0 Å². The molecule has 0 spiro atoms. The molecule has 7 nitrogen and oxygen atoms in total. The first-order chi connectivity index (χ1) is 21.0. The summed E-state index contributed by atoms with van der Waals surface area (Å²) in [6.07, 6.45) is 9.50. The number of carbonyl (C=O) groups is 1. The first-order valence-electron chi connectivity index (χ1n) is 16.3. The summed E-state index contributed by atoms with van der Waals surface area (Å²) in [5.74, 6) is 0.466. The average molecular weight is 588 g/mol. The number of alkyl carbamates (subject to hydrolysis) is 1. The lowest BCUT2D eigenvalue weighted by atomic mass is 9.57. The molecular formula is C35H46FN5O2. The first-order valence-corrected chi connectivity index (χ1v) is 16.3. The number of benzene rings is 2. The number of rotatable bonds is 9. The molecule has 2 aromatic rings. The number of amides is 1. The molecule has 2 N–H and O–H groups in total. The Hall–Kier alpha value is -3.15. The summed E-state index contributed by atoms with van der Waals surface area (Å²) >= 11 is 0. The van der Waals surface area contributed by atoms with Gasteiger partial charge in [-0.25, -0.2) is 9.18 Å². The van der Waals surface area contributed by atoms with Crippen molar-refractivity contribution >= 4 is 11.8 Å². The van der Waals surface area contributed by atoms with Gasteiger partial charge in [-0.2, -0.15) is 5.26 Å². The number of likely N-dealkylation sites (tertiary alicyclic amines) is 2. The molecule has 2 saturated heterocycles. The van der Waals surface area contributed by atoms with Crippen LogP contribution in [-0.4, -0.2) is 73.9 Å². The zero-order valence-corrected chi connectivity index (χ0v) is 25.4. The maximum atomic E-state index is 14.9. The molecule has 0 aromatic heterocycles. The molecule has 2 heterocycles. The molecule has 2 aromatic carbocycles. The fraction of sp³-hybridized carbons (Fsp3) is 0.600.